The summed E-state index contributed by atoms with van der Waals surface area (Å²) in [5.41, 5.74) is -0.273. The van der Waals surface area contributed by atoms with E-state index in [1.165, 1.54) is 6.07 Å². The van der Waals surface area contributed by atoms with Gasteiger partial charge in [-0.3, -0.25) is 10.1 Å². The van der Waals surface area contributed by atoms with Crippen LogP contribution in [0.15, 0.2) is 18.2 Å². The lowest BCUT2D eigenvalue weighted by Gasteiger charge is -2.30. The van der Waals surface area contributed by atoms with Crippen LogP contribution in [-0.4, -0.2) is 17.1 Å². The smallest absolute Gasteiger partial charge is 0.377 e. The molecule has 1 aliphatic rings. The van der Waals surface area contributed by atoms with Crippen molar-refractivity contribution >= 4 is 11.4 Å². The summed E-state index contributed by atoms with van der Waals surface area (Å²) in [7, 11) is 0. The van der Waals surface area contributed by atoms with Gasteiger partial charge in [0.25, 0.3) is 5.69 Å². The number of nitro benzene ring substituents is 1. The number of anilines is 1. The van der Waals surface area contributed by atoms with Crippen molar-refractivity contribution in [1.29, 1.82) is 0 Å². The molecule has 4 nitrogen and oxygen atoms in total. The number of alkyl halides is 3. The molecule has 1 aromatic carbocycles. The summed E-state index contributed by atoms with van der Waals surface area (Å²) in [5.74, 6) is -2.04. The number of rotatable bonds is 3. The molecule has 0 aromatic heterocycles. The molecule has 1 saturated carbocycles. The first-order valence-electron chi connectivity index (χ1n) is 6.54. The fourth-order valence-corrected chi connectivity index (χ4v) is 2.56. The van der Waals surface area contributed by atoms with Crippen LogP contribution in [0.1, 0.15) is 25.7 Å². The van der Waals surface area contributed by atoms with Crippen molar-refractivity contribution in [2.75, 3.05) is 5.32 Å². The maximum Gasteiger partial charge on any atom is 0.391 e. The van der Waals surface area contributed by atoms with E-state index in [1.54, 1.807) is 0 Å². The molecule has 0 unspecified atom stereocenters. The Morgan fingerprint density at radius 3 is 2.33 bits per heavy atom. The molecule has 0 heterocycles. The predicted octanol–water partition coefficient (Wildman–Crippen LogP) is 4.27. The molecule has 0 aliphatic heterocycles. The molecule has 0 bridgehead atoms. The number of hydrogen-bond donors (Lipinski definition) is 1. The Balaban J connectivity index is 2.03. The van der Waals surface area contributed by atoms with Gasteiger partial charge in [0.15, 0.2) is 0 Å². The third-order valence-corrected chi connectivity index (χ3v) is 3.71. The molecule has 1 fully saturated rings. The molecule has 0 amide bonds. The van der Waals surface area contributed by atoms with Gasteiger partial charge in [-0.05, 0) is 37.8 Å². The van der Waals surface area contributed by atoms with E-state index < -0.39 is 28.5 Å². The van der Waals surface area contributed by atoms with Gasteiger partial charge in [0.2, 0.25) is 0 Å². The molecule has 21 heavy (non-hydrogen) atoms. The summed E-state index contributed by atoms with van der Waals surface area (Å²) in [5, 5.41) is 13.7. The van der Waals surface area contributed by atoms with Crippen LogP contribution >= 0.6 is 0 Å². The summed E-state index contributed by atoms with van der Waals surface area (Å²) in [6.07, 6.45) is -3.64. The maximum atomic E-state index is 13.0. The molecule has 116 valence electrons. The zero-order valence-electron chi connectivity index (χ0n) is 11.0. The van der Waals surface area contributed by atoms with Gasteiger partial charge in [0.1, 0.15) is 11.5 Å². The van der Waals surface area contributed by atoms with Gasteiger partial charge in [0, 0.05) is 6.04 Å². The summed E-state index contributed by atoms with van der Waals surface area (Å²) >= 11 is 0. The molecule has 1 aromatic rings. The number of hydrogen-bond acceptors (Lipinski definition) is 3. The topological polar surface area (TPSA) is 55.2 Å². The van der Waals surface area contributed by atoms with Gasteiger partial charge in [-0.25, -0.2) is 4.39 Å². The summed E-state index contributed by atoms with van der Waals surface area (Å²) in [4.78, 5) is 10.1. The molecule has 8 heteroatoms. The highest BCUT2D eigenvalue weighted by molar-refractivity contribution is 5.61. The van der Waals surface area contributed by atoms with E-state index in [2.05, 4.69) is 5.32 Å². The van der Waals surface area contributed by atoms with Gasteiger partial charge >= 0.3 is 6.18 Å². The highest BCUT2D eigenvalue weighted by Gasteiger charge is 2.41. The zero-order chi connectivity index (χ0) is 15.6. The minimum Gasteiger partial charge on any atom is -0.377 e. The van der Waals surface area contributed by atoms with Gasteiger partial charge in [-0.15, -0.1) is 0 Å². The normalized spacial score (nSPS) is 22.9. The van der Waals surface area contributed by atoms with Crippen LogP contribution in [0, 0.1) is 21.8 Å². The van der Waals surface area contributed by atoms with E-state index in [4.69, 9.17) is 0 Å². The van der Waals surface area contributed by atoms with Crippen molar-refractivity contribution in [1.82, 2.24) is 0 Å². The standard InChI is InChI=1S/C13H14F4N2O2/c14-9-3-6-11(12(7-9)19(20)21)18-10-4-1-8(2-5-10)13(15,16)17/h3,6-8,10,18H,1-2,4-5H2. The first kappa shape index (κ1) is 15.5. The van der Waals surface area contributed by atoms with E-state index in [9.17, 15) is 27.7 Å². The third kappa shape index (κ3) is 3.83. The maximum absolute atomic E-state index is 13.0. The Morgan fingerprint density at radius 1 is 1.19 bits per heavy atom. The van der Waals surface area contributed by atoms with Crippen molar-refractivity contribution in [2.45, 2.75) is 37.9 Å². The van der Waals surface area contributed by atoms with Gasteiger partial charge in [-0.1, -0.05) is 0 Å². The van der Waals surface area contributed by atoms with Crippen LogP contribution < -0.4 is 5.32 Å². The van der Waals surface area contributed by atoms with Crippen LogP contribution in [0.2, 0.25) is 0 Å². The Hall–Kier alpha value is -1.86. The zero-order valence-corrected chi connectivity index (χ0v) is 11.0. The van der Waals surface area contributed by atoms with Crippen molar-refractivity contribution in [2.24, 2.45) is 5.92 Å². The van der Waals surface area contributed by atoms with Crippen molar-refractivity contribution in [3.8, 4) is 0 Å². The number of halogens is 4. The van der Waals surface area contributed by atoms with Crippen LogP contribution in [0.3, 0.4) is 0 Å². The molecule has 0 saturated heterocycles. The molecule has 0 atom stereocenters. The second kappa shape index (κ2) is 5.87. The summed E-state index contributed by atoms with van der Waals surface area (Å²) in [6.45, 7) is 0. The predicted molar refractivity (Wildman–Crippen MR) is 68.5 cm³/mol. The van der Waals surface area contributed by atoms with Crippen molar-refractivity contribution in [3.05, 3.63) is 34.1 Å². The summed E-state index contributed by atoms with van der Waals surface area (Å²) in [6, 6.07) is 2.84. The lowest BCUT2D eigenvalue weighted by Crippen LogP contribution is -2.32. The molecule has 0 radical (unpaired) electrons. The molecule has 1 N–H and O–H groups in total. The first-order chi connectivity index (χ1) is 9.77. The van der Waals surface area contributed by atoms with Gasteiger partial charge in [-0.2, -0.15) is 13.2 Å². The van der Waals surface area contributed by atoms with Crippen LogP contribution in [0.4, 0.5) is 28.9 Å². The third-order valence-electron chi connectivity index (χ3n) is 3.71. The van der Waals surface area contributed by atoms with Crippen LogP contribution in [0.25, 0.3) is 0 Å². The molecular weight excluding hydrogens is 292 g/mol. The largest absolute Gasteiger partial charge is 0.391 e. The van der Waals surface area contributed by atoms with E-state index in [0.717, 1.165) is 12.1 Å². The highest BCUT2D eigenvalue weighted by atomic mass is 19.4. The first-order valence-corrected chi connectivity index (χ1v) is 6.54. The Morgan fingerprint density at radius 2 is 1.81 bits per heavy atom. The number of nitrogens with zero attached hydrogens (tertiary/aromatic N) is 1. The fraction of sp³-hybridized carbons (Fsp3) is 0.538. The quantitative estimate of drug-likeness (QED) is 0.515. The lowest BCUT2D eigenvalue weighted by molar-refractivity contribution is -0.384. The minimum absolute atomic E-state index is 0.00381. The molecule has 2 rings (SSSR count). The highest BCUT2D eigenvalue weighted by Crippen LogP contribution is 2.38. The second-order valence-electron chi connectivity index (χ2n) is 5.15. The van der Waals surface area contributed by atoms with Crippen molar-refractivity contribution < 1.29 is 22.5 Å². The van der Waals surface area contributed by atoms with Crippen LogP contribution in [-0.2, 0) is 0 Å². The molecule has 1 aliphatic carbocycles. The fourth-order valence-electron chi connectivity index (χ4n) is 2.56. The molecule has 0 spiro atoms. The Kier molecular flexibility index (Phi) is 4.34. The average molecular weight is 306 g/mol. The SMILES string of the molecule is O=[N+]([O-])c1cc(F)ccc1NC1CCC(C(F)(F)F)CC1. The van der Waals surface area contributed by atoms with E-state index in [-0.39, 0.29) is 37.4 Å². The summed E-state index contributed by atoms with van der Waals surface area (Å²) < 4.78 is 50.7. The average Bonchev–Trinajstić information content (AvgIpc) is 2.40. The van der Waals surface area contributed by atoms with E-state index >= 15 is 0 Å². The Labute approximate surface area is 118 Å². The number of nitrogens with one attached hydrogen (secondary N) is 1. The van der Waals surface area contributed by atoms with Gasteiger partial charge in [0.05, 0.1) is 16.9 Å². The van der Waals surface area contributed by atoms with Crippen LogP contribution in [0.5, 0.6) is 0 Å². The van der Waals surface area contributed by atoms with Crippen molar-refractivity contribution in [3.63, 3.8) is 0 Å². The molecular formula is C13H14F4N2O2. The van der Waals surface area contributed by atoms with E-state index in [1.807, 2.05) is 0 Å². The monoisotopic (exact) mass is 306 g/mol. The second-order valence-corrected chi connectivity index (χ2v) is 5.15. The number of benzene rings is 1. The Bertz CT molecular complexity index is 525. The lowest BCUT2D eigenvalue weighted by atomic mass is 9.85. The van der Waals surface area contributed by atoms with Gasteiger partial charge < -0.3 is 5.32 Å². The van der Waals surface area contributed by atoms with E-state index in [0.29, 0.717) is 0 Å². The minimum atomic E-state index is -4.19. The number of nitro groups is 1.